The summed E-state index contributed by atoms with van der Waals surface area (Å²) >= 11 is 0. The summed E-state index contributed by atoms with van der Waals surface area (Å²) in [6.45, 7) is 9.11. The van der Waals surface area contributed by atoms with Crippen LogP contribution in [0, 0.1) is 6.92 Å². The van der Waals surface area contributed by atoms with Crippen molar-refractivity contribution in [3.8, 4) is 0 Å². The van der Waals surface area contributed by atoms with Gasteiger partial charge in [-0.1, -0.05) is 78.2 Å². The first-order valence-corrected chi connectivity index (χ1v) is 9.06. The molecule has 0 bridgehead atoms. The molecule has 0 N–H and O–H groups in total. The van der Waals surface area contributed by atoms with Crippen molar-refractivity contribution in [2.75, 3.05) is 0 Å². The Labute approximate surface area is 132 Å². The molecule has 0 aromatic carbocycles. The fourth-order valence-electron chi connectivity index (χ4n) is 3.14. The van der Waals surface area contributed by atoms with Crippen LogP contribution in [-0.4, -0.2) is 4.98 Å². The topological polar surface area (TPSA) is 12.9 Å². The Bertz CT molecular complexity index is 385. The molecule has 1 unspecified atom stereocenters. The Morgan fingerprint density at radius 1 is 0.857 bits per heavy atom. The second kappa shape index (κ2) is 9.97. The first kappa shape index (κ1) is 18.2. The second-order valence-corrected chi connectivity index (χ2v) is 6.85. The van der Waals surface area contributed by atoms with E-state index in [0.717, 1.165) is 5.69 Å². The van der Waals surface area contributed by atoms with Crippen molar-refractivity contribution in [3.63, 3.8) is 0 Å². The summed E-state index contributed by atoms with van der Waals surface area (Å²) in [5, 5.41) is 0. The van der Waals surface area contributed by atoms with Gasteiger partial charge in [0.05, 0.1) is 0 Å². The van der Waals surface area contributed by atoms with E-state index in [1.54, 1.807) is 0 Å². The lowest BCUT2D eigenvalue weighted by molar-refractivity contribution is 0.356. The van der Waals surface area contributed by atoms with Gasteiger partial charge in [-0.2, -0.15) is 0 Å². The number of aromatic nitrogens is 1. The van der Waals surface area contributed by atoms with Crippen LogP contribution in [0.25, 0.3) is 0 Å². The minimum Gasteiger partial charge on any atom is -0.258 e. The third-order valence-electron chi connectivity index (χ3n) is 4.67. The molecule has 1 nitrogen and oxygen atoms in total. The zero-order valence-corrected chi connectivity index (χ0v) is 14.8. The predicted molar refractivity (Wildman–Crippen MR) is 93.8 cm³/mol. The highest BCUT2D eigenvalue weighted by atomic mass is 14.7. The van der Waals surface area contributed by atoms with Gasteiger partial charge >= 0.3 is 0 Å². The average Bonchev–Trinajstić information content (AvgIpc) is 2.47. The molecule has 0 amide bonds. The third kappa shape index (κ3) is 6.63. The smallest absolute Gasteiger partial charge is 0.0465 e. The molecule has 21 heavy (non-hydrogen) atoms. The average molecular weight is 290 g/mol. The number of unbranched alkanes of at least 4 members (excludes halogenated alkanes) is 6. The lowest BCUT2D eigenvalue weighted by atomic mass is 9.76. The lowest BCUT2D eigenvalue weighted by Crippen LogP contribution is -2.24. The molecule has 0 radical (unpaired) electrons. The Hall–Kier alpha value is -0.850. The van der Waals surface area contributed by atoms with E-state index in [4.69, 9.17) is 4.98 Å². The highest BCUT2D eigenvalue weighted by Gasteiger charge is 2.27. The van der Waals surface area contributed by atoms with E-state index >= 15 is 0 Å². The van der Waals surface area contributed by atoms with Crippen LogP contribution in [-0.2, 0) is 5.41 Å². The molecule has 0 spiro atoms. The maximum atomic E-state index is 4.84. The van der Waals surface area contributed by atoms with Gasteiger partial charge in [0, 0.05) is 16.8 Å². The minimum absolute atomic E-state index is 0.271. The monoisotopic (exact) mass is 289 g/mol. The molecule has 0 aliphatic carbocycles. The molecule has 0 saturated carbocycles. The van der Waals surface area contributed by atoms with E-state index in [2.05, 4.69) is 45.9 Å². The number of rotatable bonds is 11. The van der Waals surface area contributed by atoms with Crippen LogP contribution in [0.4, 0.5) is 0 Å². The molecule has 1 atom stereocenters. The Morgan fingerprint density at radius 2 is 1.43 bits per heavy atom. The largest absolute Gasteiger partial charge is 0.258 e. The van der Waals surface area contributed by atoms with Gasteiger partial charge in [-0.15, -0.1) is 0 Å². The maximum Gasteiger partial charge on any atom is 0.0465 e. The Balaban J connectivity index is 2.65. The quantitative estimate of drug-likeness (QED) is 0.419. The summed E-state index contributed by atoms with van der Waals surface area (Å²) < 4.78 is 0. The number of hydrogen-bond donors (Lipinski definition) is 0. The van der Waals surface area contributed by atoms with Crippen LogP contribution in [0.2, 0.25) is 0 Å². The molecule has 0 saturated heterocycles. The van der Waals surface area contributed by atoms with E-state index in [0.29, 0.717) is 0 Å². The van der Waals surface area contributed by atoms with Gasteiger partial charge in [-0.05, 0) is 31.9 Å². The van der Waals surface area contributed by atoms with Gasteiger partial charge < -0.3 is 0 Å². The first-order chi connectivity index (χ1) is 10.1. The van der Waals surface area contributed by atoms with Crippen LogP contribution in [0.1, 0.15) is 96.4 Å². The second-order valence-electron chi connectivity index (χ2n) is 6.85. The van der Waals surface area contributed by atoms with Gasteiger partial charge in [0.2, 0.25) is 0 Å². The first-order valence-electron chi connectivity index (χ1n) is 9.06. The van der Waals surface area contributed by atoms with E-state index in [1.807, 2.05) is 0 Å². The molecule has 0 aliphatic rings. The number of aryl methyl sites for hydroxylation is 1. The molecule has 1 aromatic heterocycles. The SMILES string of the molecule is CCCCCCCC(C)(CCCCC)c1cccc(C)n1. The Kier molecular flexibility index (Phi) is 8.64. The van der Waals surface area contributed by atoms with Gasteiger partial charge in [0.1, 0.15) is 0 Å². The van der Waals surface area contributed by atoms with Crippen molar-refractivity contribution in [2.45, 2.75) is 97.3 Å². The fraction of sp³-hybridized carbons (Fsp3) is 0.750. The zero-order chi connectivity index (χ0) is 15.6. The summed E-state index contributed by atoms with van der Waals surface area (Å²) in [5.41, 5.74) is 2.74. The number of pyridine rings is 1. The molecule has 120 valence electrons. The third-order valence-corrected chi connectivity index (χ3v) is 4.67. The van der Waals surface area contributed by atoms with Crippen LogP contribution < -0.4 is 0 Å². The molecular formula is C20H35N. The summed E-state index contributed by atoms with van der Waals surface area (Å²) in [6.07, 6.45) is 13.4. The predicted octanol–water partition coefficient (Wildman–Crippen LogP) is 6.59. The Morgan fingerprint density at radius 3 is 2.05 bits per heavy atom. The zero-order valence-electron chi connectivity index (χ0n) is 14.8. The van der Waals surface area contributed by atoms with Crippen molar-refractivity contribution in [3.05, 3.63) is 29.6 Å². The maximum absolute atomic E-state index is 4.84. The van der Waals surface area contributed by atoms with Gasteiger partial charge in [0.25, 0.3) is 0 Å². The van der Waals surface area contributed by atoms with Gasteiger partial charge in [-0.25, -0.2) is 0 Å². The molecule has 0 fully saturated rings. The van der Waals surface area contributed by atoms with E-state index in [9.17, 15) is 0 Å². The molecule has 1 heterocycles. The van der Waals surface area contributed by atoms with Gasteiger partial charge in [-0.3, -0.25) is 4.98 Å². The normalized spacial score (nSPS) is 14.1. The fourth-order valence-corrected chi connectivity index (χ4v) is 3.14. The summed E-state index contributed by atoms with van der Waals surface area (Å²) in [7, 11) is 0. The summed E-state index contributed by atoms with van der Waals surface area (Å²) in [6, 6.07) is 6.52. The van der Waals surface area contributed by atoms with Gasteiger partial charge in [0.15, 0.2) is 0 Å². The standard InChI is InChI=1S/C20H35N/c1-5-7-9-10-12-17-20(4,16-11-8-6-2)19-15-13-14-18(3)21-19/h13-15H,5-12,16-17H2,1-4H3. The van der Waals surface area contributed by atoms with E-state index < -0.39 is 0 Å². The van der Waals surface area contributed by atoms with Crippen molar-refractivity contribution < 1.29 is 0 Å². The number of nitrogens with zero attached hydrogens (tertiary/aromatic N) is 1. The van der Waals surface area contributed by atoms with Crippen molar-refractivity contribution in [1.29, 1.82) is 0 Å². The van der Waals surface area contributed by atoms with Crippen LogP contribution >= 0.6 is 0 Å². The molecular weight excluding hydrogens is 254 g/mol. The number of hydrogen-bond acceptors (Lipinski definition) is 1. The highest BCUT2D eigenvalue weighted by molar-refractivity contribution is 5.18. The molecule has 1 rings (SSSR count). The molecule has 1 heteroatoms. The van der Waals surface area contributed by atoms with Crippen molar-refractivity contribution in [1.82, 2.24) is 4.98 Å². The van der Waals surface area contributed by atoms with Crippen LogP contribution in [0.3, 0.4) is 0 Å². The molecule has 1 aromatic rings. The lowest BCUT2D eigenvalue weighted by Gasteiger charge is -2.30. The highest BCUT2D eigenvalue weighted by Crippen LogP contribution is 2.34. The minimum atomic E-state index is 0.271. The summed E-state index contributed by atoms with van der Waals surface area (Å²) in [5.74, 6) is 0. The summed E-state index contributed by atoms with van der Waals surface area (Å²) in [4.78, 5) is 4.84. The van der Waals surface area contributed by atoms with E-state index in [-0.39, 0.29) is 5.41 Å². The van der Waals surface area contributed by atoms with Crippen molar-refractivity contribution >= 4 is 0 Å². The molecule has 0 aliphatic heterocycles. The van der Waals surface area contributed by atoms with E-state index in [1.165, 1.54) is 69.9 Å². The van der Waals surface area contributed by atoms with Crippen LogP contribution in [0.5, 0.6) is 0 Å². The van der Waals surface area contributed by atoms with Crippen molar-refractivity contribution in [2.24, 2.45) is 0 Å². The van der Waals surface area contributed by atoms with Crippen LogP contribution in [0.15, 0.2) is 18.2 Å².